The largest absolute Gasteiger partial charge is 0.509 e. The third kappa shape index (κ3) is 11.1. The van der Waals surface area contributed by atoms with E-state index in [1.54, 1.807) is 0 Å². The van der Waals surface area contributed by atoms with Crippen molar-refractivity contribution in [1.29, 1.82) is 0 Å². The van der Waals surface area contributed by atoms with Gasteiger partial charge < -0.3 is 26.5 Å². The summed E-state index contributed by atoms with van der Waals surface area (Å²) >= 11 is 0. The molecule has 2 aromatic heterocycles. The first-order chi connectivity index (χ1) is 30.9. The minimum atomic E-state index is -0.149. The minimum Gasteiger partial charge on any atom is -0.509 e. The molecule has 368 valence electrons. The molecular weight excluding hydrogens is 1020 g/mol. The van der Waals surface area contributed by atoms with Gasteiger partial charge in [0.05, 0.1) is 6.67 Å². The van der Waals surface area contributed by atoms with E-state index in [4.69, 9.17) is 9.72 Å². The number of hydrogen-bond donors (Lipinski definition) is 0. The summed E-state index contributed by atoms with van der Waals surface area (Å²) in [5.41, 5.74) is 13.9. The van der Waals surface area contributed by atoms with Crippen LogP contribution in [0.5, 0.6) is 11.5 Å². The molecule has 0 atom stereocenters. The van der Waals surface area contributed by atoms with E-state index in [1.165, 1.54) is 50.3 Å². The molecule has 1 aliphatic rings. The van der Waals surface area contributed by atoms with Crippen molar-refractivity contribution in [3.8, 4) is 28.4 Å². The Balaban J connectivity index is 0.00000391. The van der Waals surface area contributed by atoms with Crippen molar-refractivity contribution < 1.29 is 25.8 Å². The number of pyridine rings is 1. The molecule has 0 unspecified atom stereocenters. The van der Waals surface area contributed by atoms with E-state index in [2.05, 4.69) is 254 Å². The molecule has 69 heavy (non-hydrogen) atoms. The second kappa shape index (κ2) is 18.6. The molecule has 5 aromatic carbocycles. The SMILES string of the molecule is CC(C)(C)C1=CN(c2cc(C(C)(C)C)cc(C(C)(C)C)c2)CN1c1[c-]c(Oc2[c-]c3c(cc2)c2cc(-c4ccc(C(C)(C)C)cc4)ccc2n3-c2cc(C(C)(C)C)ccn2)cc(C(C)(C)C)c1.[CH3-].[Pt]. The van der Waals surface area contributed by atoms with Gasteiger partial charge in [-0.2, -0.15) is 6.07 Å². The van der Waals surface area contributed by atoms with Crippen LogP contribution in [0.2, 0.25) is 0 Å². The van der Waals surface area contributed by atoms with Gasteiger partial charge in [-0.15, -0.1) is 41.3 Å². The molecule has 3 heterocycles. The van der Waals surface area contributed by atoms with Crippen molar-refractivity contribution in [2.45, 2.75) is 152 Å². The smallest absolute Gasteiger partial charge is 0.135 e. The van der Waals surface area contributed by atoms with E-state index >= 15 is 0 Å². The first-order valence-electron chi connectivity index (χ1n) is 24.2. The van der Waals surface area contributed by atoms with Crippen molar-refractivity contribution in [1.82, 2.24) is 9.55 Å². The summed E-state index contributed by atoms with van der Waals surface area (Å²) in [5.74, 6) is 2.14. The average Bonchev–Trinajstić information content (AvgIpc) is 3.83. The second-order valence-electron chi connectivity index (χ2n) is 25.2. The van der Waals surface area contributed by atoms with Crippen molar-refractivity contribution in [2.24, 2.45) is 5.41 Å². The predicted molar refractivity (Wildman–Crippen MR) is 292 cm³/mol. The zero-order valence-corrected chi connectivity index (χ0v) is 47.4. The summed E-state index contributed by atoms with van der Waals surface area (Å²) in [5, 5.41) is 2.23. The predicted octanol–water partition coefficient (Wildman–Crippen LogP) is 17.3. The molecule has 0 fully saturated rings. The van der Waals surface area contributed by atoms with E-state index in [0.717, 1.165) is 33.3 Å². The Labute approximate surface area is 430 Å². The number of ether oxygens (including phenoxy) is 1. The Morgan fingerprint density at radius 2 is 1.06 bits per heavy atom. The number of nitrogens with zero attached hydrogens (tertiary/aromatic N) is 4. The number of aromatic nitrogens is 2. The molecule has 5 nitrogen and oxygen atoms in total. The Hall–Kier alpha value is -5.12. The Bertz CT molecular complexity index is 2990. The summed E-state index contributed by atoms with van der Waals surface area (Å²) in [4.78, 5) is 9.83. The normalized spacial score (nSPS) is 14.0. The number of anilines is 2. The second-order valence-corrected chi connectivity index (χ2v) is 25.2. The molecular formula is C63H77N4OPt-3. The summed E-state index contributed by atoms with van der Waals surface area (Å²) < 4.78 is 9.20. The maximum atomic E-state index is 6.95. The van der Waals surface area contributed by atoms with Crippen LogP contribution < -0.4 is 14.5 Å². The van der Waals surface area contributed by atoms with Crippen LogP contribution in [0.3, 0.4) is 0 Å². The molecule has 0 bridgehead atoms. The molecule has 7 aromatic rings. The average molecular weight is 1100 g/mol. The quantitative estimate of drug-likeness (QED) is 0.155. The summed E-state index contributed by atoms with van der Waals surface area (Å²) in [6.07, 6.45) is 4.28. The van der Waals surface area contributed by atoms with E-state index in [1.807, 2.05) is 6.20 Å². The minimum absolute atomic E-state index is 0. The van der Waals surface area contributed by atoms with Crippen LogP contribution in [0.25, 0.3) is 38.8 Å². The molecule has 0 spiro atoms. The first kappa shape index (κ1) is 53.2. The van der Waals surface area contributed by atoms with Crippen molar-refractivity contribution in [2.75, 3.05) is 16.5 Å². The van der Waals surface area contributed by atoms with Gasteiger partial charge in [-0.3, -0.25) is 0 Å². The molecule has 0 amide bonds. The molecule has 6 heteroatoms. The standard InChI is InChI=1S/C62H74N4O.CH3.Pt/c1-57(2,3)42-22-19-40(20-23-42)41-21-26-53-52(29-41)51-25-24-49(37-54(51)66(53)56-35-43(27-28-63-56)58(4,5)6)67-50-34-46(61(13,14)15)33-48(36-50)65-39-64(38-55(65)62(16,17)18)47-31-44(59(7,8)9)30-45(32-47)60(10,11)12;;/h19-35,38H,39H2,1-18H3;1H3;/q-2;-1;. The van der Waals surface area contributed by atoms with Gasteiger partial charge in [0.1, 0.15) is 5.82 Å². The molecule has 1 aliphatic heterocycles. The van der Waals surface area contributed by atoms with E-state index in [-0.39, 0.29) is 61.0 Å². The molecule has 0 N–H and O–H groups in total. The molecule has 8 rings (SSSR count). The van der Waals surface area contributed by atoms with E-state index in [9.17, 15) is 0 Å². The Kier molecular flexibility index (Phi) is 14.3. The van der Waals surface area contributed by atoms with Gasteiger partial charge in [0.15, 0.2) is 0 Å². The number of rotatable bonds is 6. The zero-order valence-electron chi connectivity index (χ0n) is 45.1. The number of hydrogen-bond acceptors (Lipinski definition) is 4. The Morgan fingerprint density at radius 1 is 0.493 bits per heavy atom. The first-order valence-corrected chi connectivity index (χ1v) is 24.2. The van der Waals surface area contributed by atoms with E-state index in [0.29, 0.717) is 18.2 Å². The van der Waals surface area contributed by atoms with Gasteiger partial charge in [0, 0.05) is 67.3 Å². The van der Waals surface area contributed by atoms with Crippen LogP contribution in [0, 0.1) is 25.0 Å². The van der Waals surface area contributed by atoms with Gasteiger partial charge in [0.2, 0.25) is 0 Å². The molecule has 0 saturated carbocycles. The molecule has 0 saturated heterocycles. The number of benzene rings is 5. The van der Waals surface area contributed by atoms with E-state index < -0.39 is 0 Å². The van der Waals surface area contributed by atoms with Crippen molar-refractivity contribution >= 4 is 33.2 Å². The number of fused-ring (bicyclic) bond motifs is 3. The number of allylic oxidation sites excluding steroid dienone is 1. The summed E-state index contributed by atoms with van der Waals surface area (Å²) in [6.45, 7) is 41.7. The van der Waals surface area contributed by atoms with Crippen molar-refractivity contribution in [3.05, 3.63) is 163 Å². The molecule has 0 aliphatic carbocycles. The van der Waals surface area contributed by atoms with Crippen molar-refractivity contribution in [3.63, 3.8) is 0 Å². The van der Waals surface area contributed by atoms with Gasteiger partial charge in [-0.25, -0.2) is 4.98 Å². The summed E-state index contributed by atoms with van der Waals surface area (Å²) in [7, 11) is 0. The van der Waals surface area contributed by atoms with Gasteiger partial charge in [-0.05, 0) is 96.2 Å². The maximum absolute atomic E-state index is 6.95. The third-order valence-electron chi connectivity index (χ3n) is 13.4. The monoisotopic (exact) mass is 1100 g/mol. The fraction of sp³-hybridized carbons (Fsp3) is 0.397. The Morgan fingerprint density at radius 3 is 1.62 bits per heavy atom. The maximum Gasteiger partial charge on any atom is 0.135 e. The van der Waals surface area contributed by atoms with Crippen LogP contribution in [-0.2, 0) is 48.1 Å². The van der Waals surface area contributed by atoms with Crippen LogP contribution in [0.15, 0.2) is 115 Å². The van der Waals surface area contributed by atoms with Gasteiger partial charge >= 0.3 is 0 Å². The van der Waals surface area contributed by atoms with Crippen LogP contribution in [0.4, 0.5) is 11.4 Å². The van der Waals surface area contributed by atoms with Crippen LogP contribution in [-0.4, -0.2) is 16.2 Å². The van der Waals surface area contributed by atoms with Gasteiger partial charge in [-0.1, -0.05) is 178 Å². The third-order valence-corrected chi connectivity index (χ3v) is 13.4. The fourth-order valence-corrected chi connectivity index (χ4v) is 8.94. The topological polar surface area (TPSA) is 33.5 Å². The summed E-state index contributed by atoms with van der Waals surface area (Å²) in [6, 6.07) is 43.5. The zero-order chi connectivity index (χ0) is 48.8. The van der Waals surface area contributed by atoms with Crippen LogP contribution in [0.1, 0.15) is 152 Å². The molecule has 0 radical (unpaired) electrons. The fourth-order valence-electron chi connectivity index (χ4n) is 8.94. The van der Waals surface area contributed by atoms with Gasteiger partial charge in [0.25, 0.3) is 0 Å². The van der Waals surface area contributed by atoms with Crippen LogP contribution >= 0.6 is 0 Å².